The molecule has 2 aromatic rings. The molecule has 1 saturated heterocycles. The van der Waals surface area contributed by atoms with Crippen molar-refractivity contribution in [2.45, 2.75) is 85.0 Å². The first-order chi connectivity index (χ1) is 13.5. The van der Waals surface area contributed by atoms with Crippen LogP contribution in [0.5, 0.6) is 0 Å². The average Bonchev–Trinajstić information content (AvgIpc) is 3.06. The highest BCUT2D eigenvalue weighted by Crippen LogP contribution is 2.45. The number of aromatic nitrogens is 2. The molecule has 2 aromatic heterocycles. The Labute approximate surface area is 179 Å². The van der Waals surface area contributed by atoms with E-state index in [1.54, 1.807) is 0 Å². The summed E-state index contributed by atoms with van der Waals surface area (Å²) in [5.74, 6) is 2.18. The van der Waals surface area contributed by atoms with Crippen LogP contribution in [0.1, 0.15) is 88.0 Å². The molecule has 1 aliphatic heterocycles. The van der Waals surface area contributed by atoms with Crippen molar-refractivity contribution in [1.29, 1.82) is 0 Å². The fraction of sp³-hybridized carbons (Fsp3) is 0.739. The first-order valence-electron chi connectivity index (χ1n) is 11.0. The topological polar surface area (TPSA) is 59.9 Å². The van der Waals surface area contributed by atoms with Gasteiger partial charge in [0.2, 0.25) is 0 Å². The van der Waals surface area contributed by atoms with Crippen LogP contribution in [0.15, 0.2) is 6.07 Å². The minimum absolute atomic E-state index is 0.101. The fourth-order valence-electron chi connectivity index (χ4n) is 4.89. The van der Waals surface area contributed by atoms with Crippen LogP contribution in [0.25, 0.3) is 10.2 Å². The van der Waals surface area contributed by atoms with Crippen molar-refractivity contribution in [1.82, 2.24) is 9.97 Å². The van der Waals surface area contributed by atoms with Crippen LogP contribution in [-0.4, -0.2) is 29.9 Å². The van der Waals surface area contributed by atoms with Crippen LogP contribution in [0.2, 0.25) is 0 Å². The third-order valence-electron chi connectivity index (χ3n) is 7.34. The van der Waals surface area contributed by atoms with Crippen molar-refractivity contribution in [3.8, 4) is 0 Å². The molecule has 4 rings (SSSR count). The lowest BCUT2D eigenvalue weighted by Crippen LogP contribution is -2.31. The van der Waals surface area contributed by atoms with E-state index in [9.17, 15) is 8.42 Å². The van der Waals surface area contributed by atoms with Gasteiger partial charge < -0.3 is 0 Å². The Morgan fingerprint density at radius 3 is 2.38 bits per heavy atom. The summed E-state index contributed by atoms with van der Waals surface area (Å²) >= 11 is 1.86. The number of sulfone groups is 1. The van der Waals surface area contributed by atoms with Crippen LogP contribution in [0.4, 0.5) is 0 Å². The molecule has 6 heteroatoms. The molecule has 1 aliphatic carbocycles. The number of rotatable bonds is 4. The molecule has 0 amide bonds. The highest BCUT2D eigenvalue weighted by atomic mass is 32.2. The minimum Gasteiger partial charge on any atom is -0.238 e. The van der Waals surface area contributed by atoms with E-state index in [1.807, 2.05) is 18.3 Å². The van der Waals surface area contributed by atoms with Gasteiger partial charge in [-0.05, 0) is 81.1 Å². The molecule has 0 aromatic carbocycles. The number of aryl methyl sites for hydroxylation is 2. The van der Waals surface area contributed by atoms with Crippen LogP contribution in [0.3, 0.4) is 0 Å². The van der Waals surface area contributed by atoms with E-state index in [2.05, 4.69) is 26.8 Å². The summed E-state index contributed by atoms with van der Waals surface area (Å²) < 4.78 is 23.6. The number of hydrogen-bond acceptors (Lipinski definition) is 5. The molecule has 0 N–H and O–H groups in total. The van der Waals surface area contributed by atoms with Crippen LogP contribution in [0, 0.1) is 17.8 Å². The molecular formula is C23H34N2O2S2. The van der Waals surface area contributed by atoms with Gasteiger partial charge in [-0.3, -0.25) is 0 Å². The maximum absolute atomic E-state index is 11.8. The second-order valence-electron chi connectivity index (χ2n) is 10.5. The van der Waals surface area contributed by atoms with Gasteiger partial charge in [0.05, 0.1) is 17.2 Å². The van der Waals surface area contributed by atoms with E-state index in [4.69, 9.17) is 9.97 Å². The third kappa shape index (κ3) is 4.84. The minimum atomic E-state index is -2.82. The van der Waals surface area contributed by atoms with Crippen molar-refractivity contribution < 1.29 is 8.42 Å². The zero-order valence-corrected chi connectivity index (χ0v) is 19.9. The van der Waals surface area contributed by atoms with Crippen molar-refractivity contribution >= 4 is 31.4 Å². The summed E-state index contributed by atoms with van der Waals surface area (Å²) in [6.07, 6.45) is 8.59. The van der Waals surface area contributed by atoms with Gasteiger partial charge in [0, 0.05) is 10.3 Å². The van der Waals surface area contributed by atoms with Gasteiger partial charge in [-0.2, -0.15) is 0 Å². The molecule has 4 nitrogen and oxygen atoms in total. The number of hydrogen-bond donors (Lipinski definition) is 0. The third-order valence-corrected chi connectivity index (χ3v) is 10.2. The van der Waals surface area contributed by atoms with E-state index >= 15 is 0 Å². The zero-order valence-electron chi connectivity index (χ0n) is 18.3. The van der Waals surface area contributed by atoms with Crippen molar-refractivity contribution in [3.63, 3.8) is 0 Å². The van der Waals surface area contributed by atoms with Gasteiger partial charge in [-0.1, -0.05) is 20.8 Å². The SMILES string of the molecule is Cc1nc(CCC2(C)CCS(=O)(=O)CC2)c2cc(C3CCC(C)(C)CC3)sc2n1. The van der Waals surface area contributed by atoms with Gasteiger partial charge in [0.25, 0.3) is 0 Å². The smallest absolute Gasteiger partial charge is 0.150 e. The molecule has 0 unspecified atom stereocenters. The van der Waals surface area contributed by atoms with Gasteiger partial charge >= 0.3 is 0 Å². The lowest BCUT2D eigenvalue weighted by molar-refractivity contribution is 0.226. The zero-order chi connectivity index (χ0) is 20.9. The Morgan fingerprint density at radius 1 is 1.07 bits per heavy atom. The molecule has 3 heterocycles. The standard InChI is InChI=1S/C23H34N2O2S2/c1-16-24-19(7-10-23(4)11-13-29(26,27)14-12-23)18-15-20(28-21(18)25-16)17-5-8-22(2,3)9-6-17/h15,17H,5-14H2,1-4H3. The molecule has 0 radical (unpaired) electrons. The first-order valence-corrected chi connectivity index (χ1v) is 13.7. The quantitative estimate of drug-likeness (QED) is 0.607. The molecule has 160 valence electrons. The second kappa shape index (κ2) is 7.60. The van der Waals surface area contributed by atoms with Gasteiger partial charge in [-0.15, -0.1) is 11.3 Å². The van der Waals surface area contributed by atoms with Crippen LogP contribution >= 0.6 is 11.3 Å². The van der Waals surface area contributed by atoms with E-state index in [-0.39, 0.29) is 5.41 Å². The highest BCUT2D eigenvalue weighted by molar-refractivity contribution is 7.91. The lowest BCUT2D eigenvalue weighted by Gasteiger charge is -2.33. The summed E-state index contributed by atoms with van der Waals surface area (Å²) in [6, 6.07) is 2.37. The summed E-state index contributed by atoms with van der Waals surface area (Å²) in [5, 5.41) is 1.23. The molecule has 0 spiro atoms. The Morgan fingerprint density at radius 2 is 1.72 bits per heavy atom. The normalized spacial score (nSPS) is 24.0. The Kier molecular flexibility index (Phi) is 5.56. The largest absolute Gasteiger partial charge is 0.238 e. The predicted molar refractivity (Wildman–Crippen MR) is 121 cm³/mol. The van der Waals surface area contributed by atoms with Crippen LogP contribution < -0.4 is 0 Å². The van der Waals surface area contributed by atoms with E-state index in [1.165, 1.54) is 35.9 Å². The monoisotopic (exact) mass is 434 g/mol. The van der Waals surface area contributed by atoms with Gasteiger partial charge in [0.1, 0.15) is 20.5 Å². The van der Waals surface area contributed by atoms with Crippen LogP contribution in [-0.2, 0) is 16.3 Å². The molecule has 2 fully saturated rings. The Balaban J connectivity index is 1.53. The van der Waals surface area contributed by atoms with E-state index < -0.39 is 9.84 Å². The molecule has 1 saturated carbocycles. The summed E-state index contributed by atoms with van der Waals surface area (Å²) in [7, 11) is -2.82. The summed E-state index contributed by atoms with van der Waals surface area (Å²) in [6.45, 7) is 9.01. The summed E-state index contributed by atoms with van der Waals surface area (Å²) in [4.78, 5) is 12.2. The van der Waals surface area contributed by atoms with Gasteiger partial charge in [-0.25, -0.2) is 18.4 Å². The molecule has 29 heavy (non-hydrogen) atoms. The fourth-order valence-corrected chi connectivity index (χ4v) is 7.97. The maximum Gasteiger partial charge on any atom is 0.150 e. The lowest BCUT2D eigenvalue weighted by atomic mass is 9.73. The molecule has 0 bridgehead atoms. The number of nitrogens with zero attached hydrogens (tertiary/aromatic N) is 2. The molecule has 0 atom stereocenters. The van der Waals surface area contributed by atoms with Crippen molar-refractivity contribution in [3.05, 3.63) is 22.5 Å². The average molecular weight is 435 g/mol. The molecule has 2 aliphatic rings. The van der Waals surface area contributed by atoms with E-state index in [0.29, 0.717) is 22.8 Å². The number of thiophene rings is 1. The van der Waals surface area contributed by atoms with E-state index in [0.717, 1.165) is 42.0 Å². The maximum atomic E-state index is 11.8. The Bertz CT molecular complexity index is 983. The predicted octanol–water partition coefficient (Wildman–Crippen LogP) is 5.83. The second-order valence-corrected chi connectivity index (χ2v) is 13.9. The Hall–Kier alpha value is -1.01. The highest BCUT2D eigenvalue weighted by Gasteiger charge is 2.33. The van der Waals surface area contributed by atoms with Crippen molar-refractivity contribution in [2.24, 2.45) is 10.8 Å². The first kappa shape index (κ1) is 21.2. The summed E-state index contributed by atoms with van der Waals surface area (Å²) in [5.41, 5.74) is 1.74. The van der Waals surface area contributed by atoms with Gasteiger partial charge in [0.15, 0.2) is 0 Å². The molecular weight excluding hydrogens is 400 g/mol. The number of fused-ring (bicyclic) bond motifs is 1. The van der Waals surface area contributed by atoms with Crippen molar-refractivity contribution in [2.75, 3.05) is 11.5 Å².